The first-order chi connectivity index (χ1) is 18.8. The second-order valence-corrected chi connectivity index (χ2v) is 9.52. The van der Waals surface area contributed by atoms with E-state index in [4.69, 9.17) is 14.2 Å². The molecular weight excluding hydrogens is 500 g/mol. The van der Waals surface area contributed by atoms with Gasteiger partial charge < -0.3 is 14.2 Å². The molecule has 1 N–H and O–H groups in total. The number of nitrogens with one attached hydrogen (secondary N) is 1. The van der Waals surface area contributed by atoms with E-state index >= 15 is 0 Å². The molecule has 2 saturated heterocycles. The van der Waals surface area contributed by atoms with Crippen molar-refractivity contribution in [3.8, 4) is 11.5 Å². The van der Waals surface area contributed by atoms with Gasteiger partial charge in [0.1, 0.15) is 11.5 Å². The van der Waals surface area contributed by atoms with Crippen LogP contribution in [-0.4, -0.2) is 44.9 Å². The average Bonchev–Trinajstić information content (AvgIpc) is 3.46. The van der Waals surface area contributed by atoms with Crippen molar-refractivity contribution in [2.75, 3.05) is 26.2 Å². The van der Waals surface area contributed by atoms with Crippen LogP contribution in [0.2, 0.25) is 0 Å². The standard InChI is InChI=1S/C30H28N2O7/c1-17(33)18-9-8-12-20(15-18)32-27(34)24-25(28(32)35)30(29(36)39-4,19-10-6-5-7-11-19)31-26(24)22-14-13-21(37-2)16-23(22)38-3/h5-16,24-26,31H,1-4H3/t24-,25-,26+,30+/m0/s1. The average molecular weight is 529 g/mol. The minimum Gasteiger partial charge on any atom is -0.497 e. The van der Waals surface area contributed by atoms with Crippen molar-refractivity contribution in [2.45, 2.75) is 18.5 Å². The Morgan fingerprint density at radius 2 is 1.62 bits per heavy atom. The highest BCUT2D eigenvalue weighted by Gasteiger charge is 2.70. The molecule has 0 bridgehead atoms. The Morgan fingerprint density at radius 3 is 2.26 bits per heavy atom. The number of ether oxygens (including phenoxy) is 3. The largest absolute Gasteiger partial charge is 0.497 e. The van der Waals surface area contributed by atoms with E-state index in [0.717, 1.165) is 4.90 Å². The summed E-state index contributed by atoms with van der Waals surface area (Å²) in [6.45, 7) is 1.41. The van der Waals surface area contributed by atoms with E-state index < -0.39 is 41.2 Å². The summed E-state index contributed by atoms with van der Waals surface area (Å²) in [5, 5.41) is 3.35. The third-order valence-corrected chi connectivity index (χ3v) is 7.58. The van der Waals surface area contributed by atoms with Gasteiger partial charge in [-0.25, -0.2) is 9.69 Å². The van der Waals surface area contributed by atoms with Crippen molar-refractivity contribution < 1.29 is 33.4 Å². The van der Waals surface area contributed by atoms with Gasteiger partial charge in [-0.3, -0.25) is 19.7 Å². The number of methoxy groups -OCH3 is 3. The molecule has 39 heavy (non-hydrogen) atoms. The summed E-state index contributed by atoms with van der Waals surface area (Å²) in [6.07, 6.45) is 0. The molecule has 2 aliphatic rings. The molecule has 4 atom stereocenters. The van der Waals surface area contributed by atoms with Crippen LogP contribution >= 0.6 is 0 Å². The van der Waals surface area contributed by atoms with E-state index in [1.807, 2.05) is 0 Å². The first kappa shape index (κ1) is 26.1. The Morgan fingerprint density at radius 1 is 0.872 bits per heavy atom. The molecule has 5 rings (SSSR count). The summed E-state index contributed by atoms with van der Waals surface area (Å²) in [5.41, 5.74) is 0.0202. The molecule has 3 aromatic carbocycles. The highest BCUT2D eigenvalue weighted by atomic mass is 16.5. The van der Waals surface area contributed by atoms with Gasteiger partial charge >= 0.3 is 5.97 Å². The summed E-state index contributed by atoms with van der Waals surface area (Å²) in [6, 6.07) is 19.5. The zero-order valence-electron chi connectivity index (χ0n) is 22.0. The van der Waals surface area contributed by atoms with Gasteiger partial charge in [0.25, 0.3) is 0 Å². The maximum Gasteiger partial charge on any atom is 0.331 e. The van der Waals surface area contributed by atoms with E-state index in [1.165, 1.54) is 34.3 Å². The number of Topliss-reactive ketones (excluding diaryl/α,β-unsaturated/α-hetero) is 1. The normalized spacial score (nSPS) is 23.9. The predicted molar refractivity (Wildman–Crippen MR) is 141 cm³/mol. The number of carbonyl (C=O) groups excluding carboxylic acids is 4. The van der Waals surface area contributed by atoms with Gasteiger partial charge in [0.2, 0.25) is 11.8 Å². The number of amides is 2. The molecular formula is C30H28N2O7. The van der Waals surface area contributed by atoms with E-state index in [9.17, 15) is 19.2 Å². The second kappa shape index (κ2) is 9.99. The molecule has 2 aliphatic heterocycles. The van der Waals surface area contributed by atoms with Crippen LogP contribution in [0.4, 0.5) is 5.69 Å². The molecule has 200 valence electrons. The van der Waals surface area contributed by atoms with Gasteiger partial charge in [0.05, 0.1) is 38.9 Å². The van der Waals surface area contributed by atoms with Gasteiger partial charge in [0.15, 0.2) is 11.3 Å². The maximum absolute atomic E-state index is 14.2. The monoisotopic (exact) mass is 528 g/mol. The molecule has 0 spiro atoms. The van der Waals surface area contributed by atoms with Crippen LogP contribution in [0.1, 0.15) is 34.5 Å². The quantitative estimate of drug-likeness (QED) is 0.282. The van der Waals surface area contributed by atoms with E-state index in [0.29, 0.717) is 28.2 Å². The molecule has 0 unspecified atom stereocenters. The van der Waals surface area contributed by atoms with Crippen molar-refractivity contribution in [2.24, 2.45) is 11.8 Å². The first-order valence-corrected chi connectivity index (χ1v) is 12.4. The number of hydrogen-bond donors (Lipinski definition) is 1. The molecule has 2 heterocycles. The SMILES string of the molecule is COC(=O)[C@]1(c2ccccc2)N[C@H](c2ccc(OC)cc2OC)[C@H]2C(=O)N(c3cccc(C(C)=O)c3)C(=O)[C@H]21. The number of hydrogen-bond acceptors (Lipinski definition) is 8. The fourth-order valence-electron chi connectivity index (χ4n) is 5.80. The maximum atomic E-state index is 14.2. The number of carbonyl (C=O) groups is 4. The first-order valence-electron chi connectivity index (χ1n) is 12.4. The predicted octanol–water partition coefficient (Wildman–Crippen LogP) is 3.43. The molecule has 0 aromatic heterocycles. The number of ketones is 1. The molecule has 0 radical (unpaired) electrons. The Balaban J connectivity index is 1.74. The number of esters is 1. The van der Waals surface area contributed by atoms with Gasteiger partial charge in [-0.05, 0) is 30.7 Å². The summed E-state index contributed by atoms with van der Waals surface area (Å²) in [7, 11) is 4.28. The number of anilines is 1. The van der Waals surface area contributed by atoms with Crippen LogP contribution in [0.15, 0.2) is 72.8 Å². The number of nitrogens with zero attached hydrogens (tertiary/aromatic N) is 1. The molecule has 0 aliphatic carbocycles. The summed E-state index contributed by atoms with van der Waals surface area (Å²) in [5.74, 6) is -3.12. The van der Waals surface area contributed by atoms with Crippen LogP contribution in [0, 0.1) is 11.8 Å². The highest BCUT2D eigenvalue weighted by molar-refractivity contribution is 6.24. The minimum atomic E-state index is -1.67. The second-order valence-electron chi connectivity index (χ2n) is 9.52. The van der Waals surface area contributed by atoms with Crippen LogP contribution in [0.25, 0.3) is 0 Å². The fourth-order valence-corrected chi connectivity index (χ4v) is 5.80. The topological polar surface area (TPSA) is 111 Å². The number of rotatable bonds is 7. The van der Waals surface area contributed by atoms with Crippen LogP contribution in [0.3, 0.4) is 0 Å². The molecule has 2 fully saturated rings. The lowest BCUT2D eigenvalue weighted by Gasteiger charge is -2.33. The molecule has 9 heteroatoms. The summed E-state index contributed by atoms with van der Waals surface area (Å²) in [4.78, 5) is 55.2. The molecule has 3 aromatic rings. The van der Waals surface area contributed by atoms with Crippen molar-refractivity contribution in [1.29, 1.82) is 0 Å². The summed E-state index contributed by atoms with van der Waals surface area (Å²) >= 11 is 0. The van der Waals surface area contributed by atoms with Crippen LogP contribution < -0.4 is 19.7 Å². The van der Waals surface area contributed by atoms with E-state index in [1.54, 1.807) is 66.7 Å². The van der Waals surface area contributed by atoms with Gasteiger partial charge in [0, 0.05) is 23.2 Å². The summed E-state index contributed by atoms with van der Waals surface area (Å²) < 4.78 is 16.3. The zero-order valence-corrected chi connectivity index (χ0v) is 22.0. The van der Waals surface area contributed by atoms with Crippen molar-refractivity contribution in [1.82, 2.24) is 5.32 Å². The lowest BCUT2D eigenvalue weighted by atomic mass is 9.75. The Kier molecular flexibility index (Phi) is 6.69. The van der Waals surface area contributed by atoms with Gasteiger partial charge in [-0.2, -0.15) is 0 Å². The van der Waals surface area contributed by atoms with Crippen molar-refractivity contribution in [3.05, 3.63) is 89.5 Å². The van der Waals surface area contributed by atoms with Crippen molar-refractivity contribution in [3.63, 3.8) is 0 Å². The lowest BCUT2D eigenvalue weighted by molar-refractivity contribution is -0.152. The molecule has 9 nitrogen and oxygen atoms in total. The number of imide groups is 1. The third kappa shape index (κ3) is 3.97. The molecule has 0 saturated carbocycles. The molecule has 2 amide bonds. The van der Waals surface area contributed by atoms with Gasteiger partial charge in [-0.1, -0.05) is 48.5 Å². The van der Waals surface area contributed by atoms with Crippen LogP contribution in [0.5, 0.6) is 11.5 Å². The number of benzene rings is 3. The fraction of sp³-hybridized carbons (Fsp3) is 0.267. The van der Waals surface area contributed by atoms with Gasteiger partial charge in [-0.15, -0.1) is 0 Å². The number of fused-ring (bicyclic) bond motifs is 1. The Bertz CT molecular complexity index is 1470. The third-order valence-electron chi connectivity index (χ3n) is 7.58. The lowest BCUT2D eigenvalue weighted by Crippen LogP contribution is -2.53. The zero-order chi connectivity index (χ0) is 27.9. The van der Waals surface area contributed by atoms with E-state index in [-0.39, 0.29) is 11.5 Å². The van der Waals surface area contributed by atoms with Crippen LogP contribution in [-0.2, 0) is 24.7 Å². The van der Waals surface area contributed by atoms with Crippen molar-refractivity contribution >= 4 is 29.3 Å². The van der Waals surface area contributed by atoms with E-state index in [2.05, 4.69) is 5.32 Å². The Hall–Kier alpha value is -4.50. The Labute approximate surface area is 225 Å². The minimum absolute atomic E-state index is 0.202. The smallest absolute Gasteiger partial charge is 0.331 e. The highest BCUT2D eigenvalue weighted by Crippen LogP contribution is 2.55.